The number of nitrogens with zero attached hydrogens (tertiary/aromatic N) is 4. The van der Waals surface area contributed by atoms with Crippen molar-refractivity contribution in [2.24, 2.45) is 4.99 Å². The minimum absolute atomic E-state index is 0.000717. The fraction of sp³-hybridized carbons (Fsp3) is 0.417. The third-order valence-corrected chi connectivity index (χ3v) is 5.64. The fourth-order valence-electron chi connectivity index (χ4n) is 3.45. The van der Waals surface area contributed by atoms with E-state index < -0.39 is 5.82 Å². The van der Waals surface area contributed by atoms with Crippen molar-refractivity contribution in [2.75, 3.05) is 46.9 Å². The number of hydrogen-bond acceptors (Lipinski definition) is 7. The number of halogens is 2. The predicted octanol–water partition coefficient (Wildman–Crippen LogP) is 3.11. The number of likely N-dealkylation sites (N-methyl/N-ethyl adjacent to an activating group) is 2. The maximum atomic E-state index is 13.3. The SMILES string of the molecule is CCN(CCN(C)C)C(=O)CNCc1nccc2c1N=C(COc1ccc(F)c(Cl)c1)CC2=O. The molecule has 0 spiro atoms. The first-order valence-corrected chi connectivity index (χ1v) is 11.4. The van der Waals surface area contributed by atoms with Gasteiger partial charge in [-0.15, -0.1) is 0 Å². The molecule has 2 heterocycles. The lowest BCUT2D eigenvalue weighted by atomic mass is 10.00. The molecule has 1 aliphatic rings. The number of carbonyl (C=O) groups is 2. The quantitative estimate of drug-likeness (QED) is 0.522. The Bertz CT molecular complexity index is 1080. The Morgan fingerprint density at radius 1 is 1.26 bits per heavy atom. The van der Waals surface area contributed by atoms with Gasteiger partial charge in [0.15, 0.2) is 5.78 Å². The molecule has 1 amide bonds. The molecule has 0 saturated heterocycles. The summed E-state index contributed by atoms with van der Waals surface area (Å²) in [6.45, 7) is 4.54. The molecule has 2 aromatic rings. The van der Waals surface area contributed by atoms with Crippen molar-refractivity contribution in [2.45, 2.75) is 19.9 Å². The third-order valence-electron chi connectivity index (χ3n) is 5.35. The molecule has 0 unspecified atom stereocenters. The lowest BCUT2D eigenvalue weighted by Gasteiger charge is -2.23. The largest absolute Gasteiger partial charge is 0.488 e. The topological polar surface area (TPSA) is 87.1 Å². The molecule has 0 radical (unpaired) electrons. The van der Waals surface area contributed by atoms with E-state index in [1.54, 1.807) is 17.2 Å². The van der Waals surface area contributed by atoms with Crippen molar-refractivity contribution in [3.63, 3.8) is 0 Å². The number of ketones is 1. The highest BCUT2D eigenvalue weighted by Gasteiger charge is 2.23. The van der Waals surface area contributed by atoms with E-state index in [-0.39, 0.29) is 36.3 Å². The molecule has 34 heavy (non-hydrogen) atoms. The zero-order chi connectivity index (χ0) is 24.7. The number of carbonyl (C=O) groups excluding carboxylic acids is 2. The first kappa shape index (κ1) is 25.7. The Balaban J connectivity index is 1.65. The molecule has 1 aliphatic heterocycles. The second kappa shape index (κ2) is 12.0. The number of Topliss-reactive ketones (excluding diaryl/α,β-unsaturated/α-hetero) is 1. The van der Waals surface area contributed by atoms with Gasteiger partial charge in [0, 0.05) is 44.0 Å². The lowest BCUT2D eigenvalue weighted by Crippen LogP contribution is -2.41. The number of benzene rings is 1. The van der Waals surface area contributed by atoms with Crippen LogP contribution in [0.5, 0.6) is 5.75 Å². The summed E-state index contributed by atoms with van der Waals surface area (Å²) in [7, 11) is 3.94. The average molecular weight is 490 g/mol. The number of hydrogen-bond donors (Lipinski definition) is 1. The maximum Gasteiger partial charge on any atom is 0.236 e. The molecule has 0 aliphatic carbocycles. The Hall–Kier alpha value is -2.88. The van der Waals surface area contributed by atoms with Crippen LogP contribution >= 0.6 is 11.6 Å². The summed E-state index contributed by atoms with van der Waals surface area (Å²) in [5, 5.41) is 3.08. The van der Waals surface area contributed by atoms with Crippen LogP contribution in [0.1, 0.15) is 29.4 Å². The highest BCUT2D eigenvalue weighted by Crippen LogP contribution is 2.29. The van der Waals surface area contributed by atoms with Crippen LogP contribution in [0.4, 0.5) is 10.1 Å². The molecule has 3 rings (SSSR count). The van der Waals surface area contributed by atoms with Gasteiger partial charge in [-0.3, -0.25) is 19.6 Å². The van der Waals surface area contributed by atoms with Gasteiger partial charge in [0.2, 0.25) is 5.91 Å². The van der Waals surface area contributed by atoms with Crippen LogP contribution in [-0.2, 0) is 11.3 Å². The molecule has 182 valence electrons. The van der Waals surface area contributed by atoms with Gasteiger partial charge >= 0.3 is 0 Å². The Morgan fingerprint density at radius 3 is 2.76 bits per heavy atom. The Morgan fingerprint density at radius 2 is 2.06 bits per heavy atom. The molecule has 8 nitrogen and oxygen atoms in total. The third kappa shape index (κ3) is 6.82. The number of nitrogens with one attached hydrogen (secondary N) is 1. The van der Waals surface area contributed by atoms with Crippen LogP contribution in [0, 0.1) is 5.82 Å². The minimum atomic E-state index is -0.533. The van der Waals surface area contributed by atoms with E-state index in [1.807, 2.05) is 25.9 Å². The van der Waals surface area contributed by atoms with Crippen molar-refractivity contribution in [1.82, 2.24) is 20.1 Å². The number of aromatic nitrogens is 1. The molecule has 0 saturated carbocycles. The van der Waals surface area contributed by atoms with Crippen LogP contribution in [0.25, 0.3) is 0 Å². The summed E-state index contributed by atoms with van der Waals surface area (Å²) >= 11 is 5.79. The highest BCUT2D eigenvalue weighted by atomic mass is 35.5. The van der Waals surface area contributed by atoms with Crippen molar-refractivity contribution >= 4 is 34.7 Å². The first-order valence-electron chi connectivity index (χ1n) is 11.1. The number of ether oxygens (including phenoxy) is 1. The zero-order valence-corrected chi connectivity index (χ0v) is 20.4. The van der Waals surface area contributed by atoms with E-state index in [1.165, 1.54) is 18.2 Å². The predicted molar refractivity (Wildman–Crippen MR) is 130 cm³/mol. The zero-order valence-electron chi connectivity index (χ0n) is 19.6. The molecule has 1 aromatic carbocycles. The van der Waals surface area contributed by atoms with E-state index in [4.69, 9.17) is 16.3 Å². The highest BCUT2D eigenvalue weighted by molar-refractivity contribution is 6.30. The van der Waals surface area contributed by atoms with Gasteiger partial charge in [-0.1, -0.05) is 11.6 Å². The summed E-state index contributed by atoms with van der Waals surface area (Å²) in [5.74, 6) is -0.231. The van der Waals surface area contributed by atoms with Gasteiger partial charge < -0.3 is 19.9 Å². The van der Waals surface area contributed by atoms with Gasteiger partial charge in [-0.05, 0) is 39.2 Å². The summed E-state index contributed by atoms with van der Waals surface area (Å²) in [5.41, 5.74) is 2.09. The van der Waals surface area contributed by atoms with Crippen molar-refractivity contribution in [1.29, 1.82) is 0 Å². The number of rotatable bonds is 11. The standard InChI is InChI=1S/C24H29ClFN5O3/c1-4-31(10-9-30(2)3)23(33)14-27-13-21-24-18(7-8-28-21)22(32)11-16(29-24)15-34-17-5-6-20(26)19(25)12-17/h5-8,12,27H,4,9-11,13-15H2,1-3H3. The van der Waals surface area contributed by atoms with Gasteiger partial charge in [0.25, 0.3) is 0 Å². The van der Waals surface area contributed by atoms with Crippen LogP contribution < -0.4 is 10.1 Å². The molecule has 1 N–H and O–H groups in total. The van der Waals surface area contributed by atoms with Crippen molar-refractivity contribution in [3.05, 3.63) is 52.6 Å². The fourth-order valence-corrected chi connectivity index (χ4v) is 3.62. The van der Waals surface area contributed by atoms with E-state index >= 15 is 0 Å². The van der Waals surface area contributed by atoms with E-state index in [0.717, 1.165) is 6.54 Å². The number of aliphatic imine (C=N–C) groups is 1. The van der Waals surface area contributed by atoms with E-state index in [9.17, 15) is 14.0 Å². The smallest absolute Gasteiger partial charge is 0.236 e. The summed E-state index contributed by atoms with van der Waals surface area (Å²) in [6, 6.07) is 5.71. The lowest BCUT2D eigenvalue weighted by molar-refractivity contribution is -0.130. The molecule has 10 heteroatoms. The molecular weight excluding hydrogens is 461 g/mol. The number of fused-ring (bicyclic) bond motifs is 1. The first-order chi connectivity index (χ1) is 16.3. The van der Waals surface area contributed by atoms with Gasteiger partial charge in [-0.2, -0.15) is 0 Å². The number of pyridine rings is 1. The van der Waals surface area contributed by atoms with Gasteiger partial charge in [-0.25, -0.2) is 4.39 Å². The van der Waals surface area contributed by atoms with Crippen LogP contribution in [-0.4, -0.2) is 79.1 Å². The summed E-state index contributed by atoms with van der Waals surface area (Å²) in [4.78, 5) is 38.0. The van der Waals surface area contributed by atoms with Crippen LogP contribution in [0.15, 0.2) is 35.5 Å². The molecule has 0 atom stereocenters. The second-order valence-corrected chi connectivity index (χ2v) is 8.58. The Kier molecular flexibility index (Phi) is 9.09. The molecule has 1 aromatic heterocycles. The van der Waals surface area contributed by atoms with Gasteiger partial charge in [0.05, 0.1) is 35.1 Å². The molecule has 0 fully saturated rings. The minimum Gasteiger partial charge on any atom is -0.488 e. The Labute approximate surface area is 203 Å². The van der Waals surface area contributed by atoms with E-state index in [2.05, 4.69) is 15.3 Å². The van der Waals surface area contributed by atoms with Crippen LogP contribution in [0.3, 0.4) is 0 Å². The van der Waals surface area contributed by atoms with Crippen molar-refractivity contribution in [3.8, 4) is 5.75 Å². The maximum absolute atomic E-state index is 13.3. The second-order valence-electron chi connectivity index (χ2n) is 8.18. The summed E-state index contributed by atoms with van der Waals surface area (Å²) < 4.78 is 19.0. The number of amides is 1. The molecular formula is C24H29ClFN5O3. The van der Waals surface area contributed by atoms with Crippen LogP contribution in [0.2, 0.25) is 5.02 Å². The van der Waals surface area contributed by atoms with Crippen molar-refractivity contribution < 1.29 is 18.7 Å². The normalized spacial score (nSPS) is 13.0. The monoisotopic (exact) mass is 489 g/mol. The average Bonchev–Trinajstić information content (AvgIpc) is 2.80. The van der Waals surface area contributed by atoms with E-state index in [0.29, 0.717) is 48.0 Å². The summed E-state index contributed by atoms with van der Waals surface area (Å²) in [6.07, 6.45) is 1.69. The molecule has 0 bridgehead atoms. The van der Waals surface area contributed by atoms with Gasteiger partial charge in [0.1, 0.15) is 18.2 Å².